The Morgan fingerprint density at radius 3 is 2.33 bits per heavy atom. The van der Waals surface area contributed by atoms with E-state index in [0.717, 1.165) is 0 Å². The number of hydrogen-bond donors (Lipinski definition) is 1. The summed E-state index contributed by atoms with van der Waals surface area (Å²) in [6.45, 7) is 1.76. The quantitative estimate of drug-likeness (QED) is 0.413. The zero-order valence-corrected chi connectivity index (χ0v) is 15.9. The van der Waals surface area contributed by atoms with Gasteiger partial charge in [-0.1, -0.05) is 12.1 Å². The van der Waals surface area contributed by atoms with Gasteiger partial charge in [-0.05, 0) is 55.5 Å². The van der Waals surface area contributed by atoms with Crippen LogP contribution in [0.5, 0.6) is 0 Å². The summed E-state index contributed by atoms with van der Waals surface area (Å²) < 4.78 is 1.52. The monoisotopic (exact) mass is 400 g/mol. The highest BCUT2D eigenvalue weighted by atomic mass is 16.6. The van der Waals surface area contributed by atoms with Crippen LogP contribution in [0.25, 0.3) is 16.6 Å². The molecule has 1 aromatic heterocycles. The van der Waals surface area contributed by atoms with Crippen molar-refractivity contribution in [1.82, 2.24) is 9.55 Å². The smallest absolute Gasteiger partial charge is 0.269 e. The van der Waals surface area contributed by atoms with Gasteiger partial charge in [0, 0.05) is 23.4 Å². The number of nitrogens with one attached hydrogen (secondary N) is 1. The first-order valence-corrected chi connectivity index (χ1v) is 9.09. The zero-order valence-electron chi connectivity index (χ0n) is 15.9. The Morgan fingerprint density at radius 2 is 1.67 bits per heavy atom. The molecule has 0 bridgehead atoms. The van der Waals surface area contributed by atoms with E-state index in [1.807, 2.05) is 6.07 Å². The van der Waals surface area contributed by atoms with Gasteiger partial charge in [-0.15, -0.1) is 0 Å². The largest absolute Gasteiger partial charge is 0.322 e. The molecule has 0 fully saturated rings. The second-order valence-corrected chi connectivity index (χ2v) is 6.62. The second kappa shape index (κ2) is 7.59. The third kappa shape index (κ3) is 3.53. The molecule has 30 heavy (non-hydrogen) atoms. The number of nitrogens with zero attached hydrogens (tertiary/aromatic N) is 3. The van der Waals surface area contributed by atoms with Crippen molar-refractivity contribution in [3.63, 3.8) is 0 Å². The molecule has 0 aliphatic heterocycles. The van der Waals surface area contributed by atoms with Gasteiger partial charge in [-0.25, -0.2) is 4.98 Å². The molecule has 0 unspecified atom stereocenters. The summed E-state index contributed by atoms with van der Waals surface area (Å²) in [5, 5.41) is 14.0. The molecule has 0 spiro atoms. The third-order valence-corrected chi connectivity index (χ3v) is 4.67. The van der Waals surface area contributed by atoms with E-state index in [4.69, 9.17) is 0 Å². The minimum absolute atomic E-state index is 0.0827. The maximum atomic E-state index is 12.9. The lowest BCUT2D eigenvalue weighted by atomic mass is 10.2. The maximum absolute atomic E-state index is 12.9. The summed E-state index contributed by atoms with van der Waals surface area (Å²) in [6, 6.07) is 19.3. The molecule has 0 aliphatic rings. The van der Waals surface area contributed by atoms with E-state index in [0.29, 0.717) is 33.7 Å². The number of fused-ring (bicyclic) bond motifs is 1. The molecule has 0 saturated carbocycles. The number of hydrogen-bond acceptors (Lipinski definition) is 5. The van der Waals surface area contributed by atoms with Crippen LogP contribution in [0.4, 0.5) is 11.4 Å². The number of nitro groups is 1. The number of para-hydroxylation sites is 1. The van der Waals surface area contributed by atoms with Crippen molar-refractivity contribution < 1.29 is 9.72 Å². The number of carbonyl (C=O) groups excluding carboxylic acids is 1. The van der Waals surface area contributed by atoms with Gasteiger partial charge in [-0.3, -0.25) is 24.3 Å². The average molecular weight is 400 g/mol. The van der Waals surface area contributed by atoms with Gasteiger partial charge in [-0.2, -0.15) is 0 Å². The highest BCUT2D eigenvalue weighted by Gasteiger charge is 2.12. The minimum atomic E-state index is -0.522. The molecule has 0 atom stereocenters. The van der Waals surface area contributed by atoms with E-state index in [9.17, 15) is 19.7 Å². The molecule has 3 aromatic carbocycles. The van der Waals surface area contributed by atoms with Crippen LogP contribution in [0.15, 0.2) is 77.6 Å². The van der Waals surface area contributed by atoms with Crippen LogP contribution in [0.1, 0.15) is 16.2 Å². The Hall–Kier alpha value is -4.33. The SMILES string of the molecule is Cc1nc2ccccc2c(=O)n1-c1ccc(NC(=O)c2ccc([N+](=O)[O-])cc2)cc1. The first-order chi connectivity index (χ1) is 14.4. The predicted octanol–water partition coefficient (Wildman–Crippen LogP) is 3.85. The Kier molecular flexibility index (Phi) is 4.81. The van der Waals surface area contributed by atoms with Crippen molar-refractivity contribution in [2.75, 3.05) is 5.32 Å². The van der Waals surface area contributed by atoms with Gasteiger partial charge in [0.15, 0.2) is 0 Å². The third-order valence-electron chi connectivity index (χ3n) is 4.67. The van der Waals surface area contributed by atoms with E-state index >= 15 is 0 Å². The van der Waals surface area contributed by atoms with Gasteiger partial charge in [0.05, 0.1) is 21.5 Å². The molecule has 0 aliphatic carbocycles. The molecule has 1 heterocycles. The number of anilines is 1. The first-order valence-electron chi connectivity index (χ1n) is 9.09. The topological polar surface area (TPSA) is 107 Å². The van der Waals surface area contributed by atoms with E-state index < -0.39 is 10.8 Å². The highest BCUT2D eigenvalue weighted by Crippen LogP contribution is 2.17. The van der Waals surface area contributed by atoms with Crippen molar-refractivity contribution in [2.45, 2.75) is 6.92 Å². The molecule has 4 rings (SSSR count). The number of non-ortho nitro benzene ring substituents is 1. The molecule has 0 radical (unpaired) electrons. The number of rotatable bonds is 4. The Bertz CT molecular complexity index is 1330. The van der Waals surface area contributed by atoms with Gasteiger partial charge < -0.3 is 5.32 Å². The van der Waals surface area contributed by atoms with Crippen LogP contribution in [0.3, 0.4) is 0 Å². The molecule has 148 valence electrons. The molecule has 8 heteroatoms. The summed E-state index contributed by atoms with van der Waals surface area (Å²) in [4.78, 5) is 39.9. The van der Waals surface area contributed by atoms with Gasteiger partial charge in [0.2, 0.25) is 0 Å². The van der Waals surface area contributed by atoms with Crippen molar-refractivity contribution in [2.24, 2.45) is 0 Å². The summed E-state index contributed by atoms with van der Waals surface area (Å²) in [7, 11) is 0. The lowest BCUT2D eigenvalue weighted by molar-refractivity contribution is -0.384. The fourth-order valence-corrected chi connectivity index (χ4v) is 3.18. The summed E-state index contributed by atoms with van der Waals surface area (Å²) in [5.74, 6) is 0.166. The fraction of sp³-hybridized carbons (Fsp3) is 0.0455. The van der Waals surface area contributed by atoms with Crippen LogP contribution in [0.2, 0.25) is 0 Å². The molecule has 0 saturated heterocycles. The molecule has 1 N–H and O–H groups in total. The molecule has 8 nitrogen and oxygen atoms in total. The minimum Gasteiger partial charge on any atom is -0.322 e. The molecule has 4 aromatic rings. The van der Waals surface area contributed by atoms with Gasteiger partial charge in [0.1, 0.15) is 5.82 Å². The van der Waals surface area contributed by atoms with Crippen LogP contribution in [0, 0.1) is 17.0 Å². The normalized spacial score (nSPS) is 10.7. The van der Waals surface area contributed by atoms with Crippen LogP contribution < -0.4 is 10.9 Å². The van der Waals surface area contributed by atoms with Crippen molar-refractivity contribution >= 4 is 28.2 Å². The van der Waals surface area contributed by atoms with Gasteiger partial charge in [0.25, 0.3) is 17.2 Å². The number of amides is 1. The Morgan fingerprint density at radius 1 is 1.00 bits per heavy atom. The number of benzene rings is 3. The standard InChI is InChI=1S/C22H16N4O4/c1-14-23-20-5-3-2-4-19(20)22(28)25(14)17-12-8-16(9-13-17)24-21(27)15-6-10-18(11-7-15)26(29)30/h2-13H,1H3,(H,24,27). The first kappa shape index (κ1) is 19.0. The van der Waals surface area contributed by atoms with Crippen molar-refractivity contribution in [3.05, 3.63) is 105 Å². The number of aromatic nitrogens is 2. The van der Waals surface area contributed by atoms with Crippen molar-refractivity contribution in [3.8, 4) is 5.69 Å². The van der Waals surface area contributed by atoms with Gasteiger partial charge >= 0.3 is 0 Å². The summed E-state index contributed by atoms with van der Waals surface area (Å²) in [6.07, 6.45) is 0. The Labute approximate surface area is 170 Å². The number of nitro benzene ring substituents is 1. The van der Waals surface area contributed by atoms with Crippen LogP contribution >= 0.6 is 0 Å². The molecular formula is C22H16N4O4. The fourth-order valence-electron chi connectivity index (χ4n) is 3.18. The van der Waals surface area contributed by atoms with Crippen LogP contribution in [-0.2, 0) is 0 Å². The van der Waals surface area contributed by atoms with Crippen LogP contribution in [-0.4, -0.2) is 20.4 Å². The van der Waals surface area contributed by atoms with E-state index in [1.54, 1.807) is 49.4 Å². The second-order valence-electron chi connectivity index (χ2n) is 6.62. The Balaban J connectivity index is 1.59. The lowest BCUT2D eigenvalue weighted by Gasteiger charge is -2.12. The van der Waals surface area contributed by atoms with Crippen molar-refractivity contribution in [1.29, 1.82) is 0 Å². The van der Waals surface area contributed by atoms with E-state index in [-0.39, 0.29) is 11.2 Å². The van der Waals surface area contributed by atoms with E-state index in [1.165, 1.54) is 28.8 Å². The van der Waals surface area contributed by atoms with E-state index in [2.05, 4.69) is 10.3 Å². The number of carbonyl (C=O) groups is 1. The summed E-state index contributed by atoms with van der Waals surface area (Å²) in [5.41, 5.74) is 1.85. The lowest BCUT2D eigenvalue weighted by Crippen LogP contribution is -2.22. The number of aryl methyl sites for hydroxylation is 1. The summed E-state index contributed by atoms with van der Waals surface area (Å²) >= 11 is 0. The zero-order chi connectivity index (χ0) is 21.3. The average Bonchev–Trinajstić information content (AvgIpc) is 2.75. The molecule has 1 amide bonds. The highest BCUT2D eigenvalue weighted by molar-refractivity contribution is 6.04. The molecular weight excluding hydrogens is 384 g/mol. The predicted molar refractivity (Wildman–Crippen MR) is 113 cm³/mol. The maximum Gasteiger partial charge on any atom is 0.269 e.